The van der Waals surface area contributed by atoms with Crippen LogP contribution in [-0.2, 0) is 6.42 Å². The van der Waals surface area contributed by atoms with Gasteiger partial charge >= 0.3 is 0 Å². The lowest BCUT2D eigenvalue weighted by atomic mass is 9.91. The Kier molecular flexibility index (Phi) is 6.63. The van der Waals surface area contributed by atoms with Crippen LogP contribution in [0, 0.1) is 5.92 Å². The zero-order valence-corrected chi connectivity index (χ0v) is 14.3. The topological polar surface area (TPSA) is 93.0 Å². The number of aromatic amines is 1. The highest BCUT2D eigenvalue weighted by Crippen LogP contribution is 2.24. The zero-order chi connectivity index (χ0) is 16.1. The van der Waals surface area contributed by atoms with Crippen molar-refractivity contribution in [2.75, 3.05) is 18.8 Å². The fourth-order valence-electron chi connectivity index (χ4n) is 2.85. The Hall–Kier alpha value is -2.05. The lowest BCUT2D eigenvalue weighted by molar-refractivity contribution is 0.354. The molecular weight excluding hydrogens is 328 g/mol. The first-order valence-corrected chi connectivity index (χ1v) is 8.03. The van der Waals surface area contributed by atoms with Crippen LogP contribution < -0.4 is 21.3 Å². The van der Waals surface area contributed by atoms with E-state index >= 15 is 0 Å². The van der Waals surface area contributed by atoms with Gasteiger partial charge in [0.05, 0.1) is 6.33 Å². The molecule has 2 aromatic rings. The van der Waals surface area contributed by atoms with E-state index in [0.29, 0.717) is 5.75 Å². The van der Waals surface area contributed by atoms with Crippen LogP contribution in [0.4, 0.5) is 5.69 Å². The first kappa shape index (κ1) is 18.3. The first-order valence-electron chi connectivity index (χ1n) is 8.03. The number of benzene rings is 1. The SMILES string of the molecule is Cl.Nc1c(Oc2ccc(CCC3CCNCC3)cc2)nc[nH]c1=O. The second-order valence-corrected chi connectivity index (χ2v) is 5.93. The van der Waals surface area contributed by atoms with Crippen molar-refractivity contribution in [3.8, 4) is 11.6 Å². The molecule has 0 radical (unpaired) electrons. The van der Waals surface area contributed by atoms with Crippen LogP contribution in [0.2, 0.25) is 0 Å². The maximum atomic E-state index is 11.4. The monoisotopic (exact) mass is 350 g/mol. The van der Waals surface area contributed by atoms with Crippen LogP contribution in [0.15, 0.2) is 35.4 Å². The lowest BCUT2D eigenvalue weighted by Gasteiger charge is -2.22. The maximum absolute atomic E-state index is 11.4. The molecule has 1 aliphatic heterocycles. The predicted molar refractivity (Wildman–Crippen MR) is 96.9 cm³/mol. The van der Waals surface area contributed by atoms with E-state index in [0.717, 1.165) is 25.4 Å². The van der Waals surface area contributed by atoms with Gasteiger partial charge in [0.15, 0.2) is 5.69 Å². The van der Waals surface area contributed by atoms with Crippen molar-refractivity contribution in [3.05, 3.63) is 46.5 Å². The number of anilines is 1. The van der Waals surface area contributed by atoms with E-state index in [9.17, 15) is 4.79 Å². The molecule has 0 bridgehead atoms. The molecule has 1 aromatic carbocycles. The molecule has 0 aliphatic carbocycles. The summed E-state index contributed by atoms with van der Waals surface area (Å²) in [6.07, 6.45) is 6.13. The summed E-state index contributed by atoms with van der Waals surface area (Å²) in [6.45, 7) is 2.28. The van der Waals surface area contributed by atoms with Crippen molar-refractivity contribution in [1.82, 2.24) is 15.3 Å². The number of aromatic nitrogens is 2. The summed E-state index contributed by atoms with van der Waals surface area (Å²) >= 11 is 0. The second-order valence-electron chi connectivity index (χ2n) is 5.93. The first-order chi connectivity index (χ1) is 11.2. The number of hydrogen-bond donors (Lipinski definition) is 3. The summed E-state index contributed by atoms with van der Waals surface area (Å²) in [5.74, 6) is 1.59. The highest BCUT2D eigenvalue weighted by Gasteiger charge is 2.12. The summed E-state index contributed by atoms with van der Waals surface area (Å²) < 4.78 is 5.58. The Morgan fingerprint density at radius 3 is 2.62 bits per heavy atom. The molecule has 1 aromatic heterocycles. The van der Waals surface area contributed by atoms with Gasteiger partial charge in [-0.2, -0.15) is 0 Å². The number of hydrogen-bond acceptors (Lipinski definition) is 5. The standard InChI is InChI=1S/C17H22N4O2.ClH/c18-15-16(22)20-11-21-17(15)23-14-5-3-12(4-6-14)1-2-13-7-9-19-10-8-13;/h3-6,11,13,19H,1-2,7-10,18H2,(H,20,21,22);1H. The van der Waals surface area contributed by atoms with Crippen LogP contribution in [0.1, 0.15) is 24.8 Å². The number of nitrogens with two attached hydrogens (primary N) is 1. The molecule has 3 rings (SSSR count). The number of rotatable bonds is 5. The van der Waals surface area contributed by atoms with Crippen LogP contribution >= 0.6 is 12.4 Å². The van der Waals surface area contributed by atoms with Crippen LogP contribution in [0.25, 0.3) is 0 Å². The molecular formula is C17H23ClN4O2. The molecule has 130 valence electrons. The minimum Gasteiger partial charge on any atom is -0.437 e. The average molecular weight is 351 g/mol. The van der Waals surface area contributed by atoms with E-state index in [1.54, 1.807) is 0 Å². The fourth-order valence-corrected chi connectivity index (χ4v) is 2.85. The number of ether oxygens (including phenoxy) is 1. The molecule has 0 unspecified atom stereocenters. The molecule has 4 N–H and O–H groups in total. The molecule has 1 aliphatic rings. The largest absolute Gasteiger partial charge is 0.437 e. The molecule has 1 saturated heterocycles. The Bertz CT molecular complexity index is 696. The fraction of sp³-hybridized carbons (Fsp3) is 0.412. The summed E-state index contributed by atoms with van der Waals surface area (Å²) in [5.41, 5.74) is 6.54. The van der Waals surface area contributed by atoms with Gasteiger partial charge in [0, 0.05) is 0 Å². The summed E-state index contributed by atoms with van der Waals surface area (Å²) in [7, 11) is 0. The smallest absolute Gasteiger partial charge is 0.277 e. The van der Waals surface area contributed by atoms with Gasteiger partial charge in [-0.3, -0.25) is 4.79 Å². The van der Waals surface area contributed by atoms with Crippen LogP contribution in [0.5, 0.6) is 11.6 Å². The lowest BCUT2D eigenvalue weighted by Crippen LogP contribution is -2.27. The Morgan fingerprint density at radius 2 is 1.92 bits per heavy atom. The minimum absolute atomic E-state index is 0. The van der Waals surface area contributed by atoms with Crippen molar-refractivity contribution < 1.29 is 4.74 Å². The van der Waals surface area contributed by atoms with Crippen molar-refractivity contribution in [1.29, 1.82) is 0 Å². The van der Waals surface area contributed by atoms with Gasteiger partial charge in [-0.05, 0) is 62.4 Å². The molecule has 0 amide bonds. The van der Waals surface area contributed by atoms with Gasteiger partial charge < -0.3 is 20.8 Å². The highest BCUT2D eigenvalue weighted by molar-refractivity contribution is 5.85. The molecule has 24 heavy (non-hydrogen) atoms. The van der Waals surface area contributed by atoms with E-state index in [1.807, 2.05) is 12.1 Å². The van der Waals surface area contributed by atoms with E-state index in [-0.39, 0.29) is 24.0 Å². The van der Waals surface area contributed by atoms with Gasteiger partial charge in [-0.15, -0.1) is 12.4 Å². The summed E-state index contributed by atoms with van der Waals surface area (Å²) in [6, 6.07) is 7.89. The molecule has 1 fully saturated rings. The Labute approximate surface area is 147 Å². The third kappa shape index (κ3) is 4.72. The number of H-pyrrole nitrogens is 1. The predicted octanol–water partition coefficient (Wildman–Crippen LogP) is 2.50. The van der Waals surface area contributed by atoms with Gasteiger partial charge in [0.2, 0.25) is 5.88 Å². The molecule has 0 atom stereocenters. The van der Waals surface area contributed by atoms with Crippen LogP contribution in [-0.4, -0.2) is 23.1 Å². The van der Waals surface area contributed by atoms with Gasteiger partial charge in [0.25, 0.3) is 5.56 Å². The maximum Gasteiger partial charge on any atom is 0.277 e. The average Bonchev–Trinajstić information content (AvgIpc) is 2.59. The highest BCUT2D eigenvalue weighted by atomic mass is 35.5. The third-order valence-corrected chi connectivity index (χ3v) is 4.29. The second kappa shape index (κ2) is 8.70. The Balaban J connectivity index is 0.00000208. The van der Waals surface area contributed by atoms with Crippen molar-refractivity contribution in [3.63, 3.8) is 0 Å². The number of nitrogens with one attached hydrogen (secondary N) is 2. The minimum atomic E-state index is -0.395. The van der Waals surface area contributed by atoms with E-state index in [1.165, 1.54) is 31.2 Å². The summed E-state index contributed by atoms with van der Waals surface area (Å²) in [4.78, 5) is 17.8. The summed E-state index contributed by atoms with van der Waals surface area (Å²) in [5, 5.41) is 3.39. The Morgan fingerprint density at radius 1 is 1.21 bits per heavy atom. The van der Waals surface area contributed by atoms with Gasteiger partial charge in [0.1, 0.15) is 5.75 Å². The number of nitrogen functional groups attached to an aromatic ring is 1. The number of aryl methyl sites for hydroxylation is 1. The molecule has 0 spiro atoms. The molecule has 2 heterocycles. The van der Waals surface area contributed by atoms with Crippen molar-refractivity contribution in [2.45, 2.75) is 25.7 Å². The van der Waals surface area contributed by atoms with E-state index in [2.05, 4.69) is 27.4 Å². The third-order valence-electron chi connectivity index (χ3n) is 4.29. The molecule has 7 heteroatoms. The van der Waals surface area contributed by atoms with E-state index < -0.39 is 5.56 Å². The van der Waals surface area contributed by atoms with Gasteiger partial charge in [-0.1, -0.05) is 12.1 Å². The normalized spacial score (nSPS) is 14.8. The quantitative estimate of drug-likeness (QED) is 0.770. The number of halogens is 1. The molecule has 6 nitrogen and oxygen atoms in total. The number of piperidine rings is 1. The van der Waals surface area contributed by atoms with Crippen LogP contribution in [0.3, 0.4) is 0 Å². The van der Waals surface area contributed by atoms with Crippen molar-refractivity contribution >= 4 is 18.1 Å². The number of nitrogens with zero attached hydrogens (tertiary/aromatic N) is 1. The van der Waals surface area contributed by atoms with E-state index in [4.69, 9.17) is 10.5 Å². The van der Waals surface area contributed by atoms with Crippen molar-refractivity contribution in [2.24, 2.45) is 5.92 Å². The molecule has 0 saturated carbocycles. The zero-order valence-electron chi connectivity index (χ0n) is 13.5. The van der Waals surface area contributed by atoms with Gasteiger partial charge in [-0.25, -0.2) is 4.98 Å².